The van der Waals surface area contributed by atoms with Crippen molar-refractivity contribution in [1.29, 1.82) is 0 Å². The molecule has 2 nitrogen and oxygen atoms in total. The van der Waals surface area contributed by atoms with E-state index >= 15 is 26.3 Å². The van der Waals surface area contributed by atoms with E-state index < -0.39 is 35.6 Å². The quantitative estimate of drug-likeness (QED) is 0.108. The molecule has 5 heterocycles. The van der Waals surface area contributed by atoms with Crippen molar-refractivity contribution in [2.75, 3.05) is 0 Å². The Morgan fingerprint density at radius 1 is 0.536 bits per heavy atom. The third-order valence-electron chi connectivity index (χ3n) is 13.5. The van der Waals surface area contributed by atoms with E-state index in [-0.39, 0.29) is 10.8 Å². The third-order valence-corrected chi connectivity index (χ3v) is 13.5. The molecule has 7 aromatic carbocycles. The summed E-state index contributed by atoms with van der Waals surface area (Å²) in [6, 6.07) is 34.8. The van der Waals surface area contributed by atoms with Gasteiger partial charge in [0.25, 0.3) is 6.71 Å². The molecule has 0 fully saturated rings. The van der Waals surface area contributed by atoms with Crippen molar-refractivity contribution in [3.8, 4) is 22.5 Å². The average Bonchev–Trinajstić information content (AvgIpc) is 3.78. The molecule has 0 atom stereocenters. The Labute approximate surface area is 315 Å². The van der Waals surface area contributed by atoms with Gasteiger partial charge in [0, 0.05) is 44.3 Å². The van der Waals surface area contributed by atoms with Crippen molar-refractivity contribution in [3.63, 3.8) is 0 Å². The second-order valence-electron chi connectivity index (χ2n) is 15.8. The van der Waals surface area contributed by atoms with Crippen LogP contribution in [0.2, 0.25) is 0 Å². The molecule has 4 aliphatic rings. The Hall–Kier alpha value is -6.22. The van der Waals surface area contributed by atoms with Crippen molar-refractivity contribution >= 4 is 66.6 Å². The molecule has 0 radical (unpaired) electrons. The topological polar surface area (TPSA) is 9.86 Å². The van der Waals surface area contributed by atoms with Crippen LogP contribution in [-0.4, -0.2) is 15.8 Å². The van der Waals surface area contributed by atoms with E-state index in [1.54, 1.807) is 0 Å². The van der Waals surface area contributed by atoms with Gasteiger partial charge in [-0.1, -0.05) is 91.0 Å². The largest absolute Gasteiger partial charge is 0.416 e. The van der Waals surface area contributed by atoms with Gasteiger partial charge in [-0.05, 0) is 104 Å². The highest BCUT2D eigenvalue weighted by atomic mass is 19.4. The van der Waals surface area contributed by atoms with Crippen LogP contribution in [-0.2, 0) is 17.8 Å². The Morgan fingerprint density at radius 2 is 1.14 bits per heavy atom. The molecule has 268 valence electrons. The molecule has 0 saturated carbocycles. The smallest absolute Gasteiger partial charge is 0.315 e. The minimum absolute atomic E-state index is 0.163. The van der Waals surface area contributed by atoms with Gasteiger partial charge in [-0.2, -0.15) is 26.3 Å². The Morgan fingerprint density at radius 3 is 1.84 bits per heavy atom. The second-order valence-corrected chi connectivity index (χ2v) is 15.8. The zero-order valence-electron chi connectivity index (χ0n) is 29.7. The van der Waals surface area contributed by atoms with Gasteiger partial charge < -0.3 is 9.13 Å². The van der Waals surface area contributed by atoms with Crippen molar-refractivity contribution in [3.05, 3.63) is 160 Å². The summed E-state index contributed by atoms with van der Waals surface area (Å²) < 4.78 is 95.3. The summed E-state index contributed by atoms with van der Waals surface area (Å²) in [6.07, 6.45) is -9.51. The summed E-state index contributed by atoms with van der Waals surface area (Å²) in [5, 5.41) is 3.43. The fourth-order valence-electron chi connectivity index (χ4n) is 11.4. The summed E-state index contributed by atoms with van der Waals surface area (Å²) in [5.74, 6) is 0. The van der Waals surface area contributed by atoms with Crippen molar-refractivity contribution in [1.82, 2.24) is 9.13 Å². The maximum atomic E-state index is 15.2. The Balaban J connectivity index is 1.34. The normalized spacial score (nSPS) is 15.2. The van der Waals surface area contributed by atoms with Crippen molar-refractivity contribution in [2.45, 2.75) is 31.6 Å². The van der Waals surface area contributed by atoms with E-state index in [1.807, 2.05) is 71.3 Å². The molecule has 9 heteroatoms. The number of alkyl halides is 6. The second kappa shape index (κ2) is 9.41. The van der Waals surface area contributed by atoms with Gasteiger partial charge in [0.1, 0.15) is 0 Å². The molecule has 2 aromatic heterocycles. The number of aromatic nitrogens is 2. The SMILES string of the molecule is Cc1c(C)n2c3c(cc4ccccc4c13)B1c3c-2ccc2c3-n3c4c1cc(C(F)(F)F)cc4c1cc(C(F)(F)F)cc(c13)C21c2ccccc2-c2ccccc21. The van der Waals surface area contributed by atoms with Crippen LogP contribution < -0.4 is 16.4 Å². The zero-order chi connectivity index (χ0) is 37.9. The van der Waals surface area contributed by atoms with E-state index in [0.29, 0.717) is 22.1 Å². The van der Waals surface area contributed by atoms with Crippen molar-refractivity contribution < 1.29 is 26.3 Å². The third kappa shape index (κ3) is 3.24. The molecule has 9 aromatic rings. The number of nitrogens with zero attached hydrogens (tertiary/aromatic N) is 2. The standard InChI is InChI=1S/C47H25BF6N2/c1-22-23(2)55-38-16-15-34-43-40(38)48(36-17-24-9-3-4-10-27(24)39(22)44(36)55)37-21-26(47(52,53)54)19-31-30-18-25(46(49,50)51)20-35(41(30)56(43)42(31)37)45(34)32-13-7-5-11-28(32)29-12-6-8-14-33(29)45/h3-21H,1-2H3. The van der Waals surface area contributed by atoms with Crippen molar-refractivity contribution in [2.24, 2.45) is 0 Å². The molecular formula is C47H25BF6N2. The van der Waals surface area contributed by atoms with Gasteiger partial charge in [-0.3, -0.25) is 0 Å². The van der Waals surface area contributed by atoms with Crippen LogP contribution in [0.15, 0.2) is 115 Å². The van der Waals surface area contributed by atoms with Crippen LogP contribution in [0, 0.1) is 13.8 Å². The number of rotatable bonds is 0. The van der Waals surface area contributed by atoms with Crippen LogP contribution >= 0.6 is 0 Å². The maximum absolute atomic E-state index is 15.2. The summed E-state index contributed by atoms with van der Waals surface area (Å²) in [7, 11) is 0. The number of hydrogen-bond acceptors (Lipinski definition) is 0. The number of fused-ring (bicyclic) bond motifs is 13. The molecule has 3 aliphatic heterocycles. The first-order valence-corrected chi connectivity index (χ1v) is 18.6. The zero-order valence-corrected chi connectivity index (χ0v) is 29.7. The van der Waals surface area contributed by atoms with E-state index in [4.69, 9.17) is 0 Å². The fraction of sp³-hybridized carbons (Fsp3) is 0.106. The van der Waals surface area contributed by atoms with Gasteiger partial charge >= 0.3 is 12.4 Å². The summed E-state index contributed by atoms with van der Waals surface area (Å²) >= 11 is 0. The number of benzene rings is 7. The Kier molecular flexibility index (Phi) is 5.22. The number of halogens is 6. The van der Waals surface area contributed by atoms with Crippen LogP contribution in [0.3, 0.4) is 0 Å². The van der Waals surface area contributed by atoms with Gasteiger partial charge in [0.05, 0.1) is 22.1 Å². The first-order valence-electron chi connectivity index (χ1n) is 18.6. The maximum Gasteiger partial charge on any atom is 0.416 e. The molecule has 13 rings (SSSR count). The van der Waals surface area contributed by atoms with E-state index in [9.17, 15) is 0 Å². The summed E-state index contributed by atoms with van der Waals surface area (Å²) in [4.78, 5) is 0. The van der Waals surface area contributed by atoms with Gasteiger partial charge in [-0.25, -0.2) is 0 Å². The van der Waals surface area contributed by atoms with E-state index in [2.05, 4.69) is 42.7 Å². The molecule has 0 unspecified atom stereocenters. The number of aryl methyl sites for hydroxylation is 1. The molecule has 0 amide bonds. The van der Waals surface area contributed by atoms with Crippen LogP contribution in [0.25, 0.3) is 66.0 Å². The lowest BCUT2D eigenvalue weighted by molar-refractivity contribution is -0.138. The van der Waals surface area contributed by atoms with Crippen LogP contribution in [0.1, 0.15) is 44.6 Å². The highest BCUT2D eigenvalue weighted by Gasteiger charge is 2.55. The molecular weight excluding hydrogens is 717 g/mol. The molecule has 1 aliphatic carbocycles. The van der Waals surface area contributed by atoms with Crippen LogP contribution in [0.5, 0.6) is 0 Å². The lowest BCUT2D eigenvalue weighted by atomic mass is 9.33. The summed E-state index contributed by atoms with van der Waals surface area (Å²) in [5.41, 5.74) is 9.81. The molecule has 0 bridgehead atoms. The Bertz CT molecular complexity index is 3330. The number of hydrogen-bond donors (Lipinski definition) is 0. The first kappa shape index (κ1) is 31.0. The van der Waals surface area contributed by atoms with E-state index in [0.717, 1.165) is 95.2 Å². The molecule has 0 N–H and O–H groups in total. The van der Waals surface area contributed by atoms with Gasteiger partial charge in [0.15, 0.2) is 0 Å². The van der Waals surface area contributed by atoms with Gasteiger partial charge in [0.2, 0.25) is 0 Å². The minimum atomic E-state index is -4.76. The average molecular weight is 743 g/mol. The van der Waals surface area contributed by atoms with E-state index in [1.165, 1.54) is 12.1 Å². The molecule has 0 saturated heterocycles. The molecule has 56 heavy (non-hydrogen) atoms. The lowest BCUT2D eigenvalue weighted by Gasteiger charge is -2.44. The summed E-state index contributed by atoms with van der Waals surface area (Å²) in [6.45, 7) is 3.56. The predicted octanol–water partition coefficient (Wildman–Crippen LogP) is 10.4. The lowest BCUT2D eigenvalue weighted by Crippen LogP contribution is -2.60. The molecule has 1 spiro atoms. The monoisotopic (exact) mass is 742 g/mol. The van der Waals surface area contributed by atoms with Gasteiger partial charge in [-0.15, -0.1) is 0 Å². The first-order chi connectivity index (χ1) is 26.9. The van der Waals surface area contributed by atoms with Crippen LogP contribution in [0.4, 0.5) is 26.3 Å². The highest BCUT2D eigenvalue weighted by Crippen LogP contribution is 2.62. The highest BCUT2D eigenvalue weighted by molar-refractivity contribution is 7.00. The minimum Gasteiger partial charge on any atom is -0.315 e. The fourth-order valence-corrected chi connectivity index (χ4v) is 11.4. The predicted molar refractivity (Wildman–Crippen MR) is 210 cm³/mol.